The molecule has 116 valence electrons. The van der Waals surface area contributed by atoms with Crippen molar-refractivity contribution in [3.63, 3.8) is 0 Å². The fraction of sp³-hybridized carbons (Fsp3) is 0.200. The van der Waals surface area contributed by atoms with E-state index in [1.54, 1.807) is 0 Å². The van der Waals surface area contributed by atoms with Crippen molar-refractivity contribution >= 4 is 5.69 Å². The Labute approximate surface area is 131 Å². The number of pyridine rings is 1. The van der Waals surface area contributed by atoms with E-state index < -0.39 is 4.92 Å². The van der Waals surface area contributed by atoms with Gasteiger partial charge in [-0.2, -0.15) is 0 Å². The minimum atomic E-state index is -0.507. The highest BCUT2D eigenvalue weighted by molar-refractivity contribution is 5.54. The van der Waals surface area contributed by atoms with E-state index in [0.29, 0.717) is 17.6 Å². The first-order chi connectivity index (χ1) is 11.0. The summed E-state index contributed by atoms with van der Waals surface area (Å²) in [5, 5.41) is 22.8. The second-order valence-electron chi connectivity index (χ2n) is 5.31. The van der Waals surface area contributed by atoms with Crippen molar-refractivity contribution in [2.75, 3.05) is 0 Å². The maximum Gasteiger partial charge on any atom is 0.287 e. The third-order valence-corrected chi connectivity index (χ3v) is 3.40. The summed E-state index contributed by atoms with van der Waals surface area (Å²) in [6.45, 7) is 4.26. The van der Waals surface area contributed by atoms with Gasteiger partial charge in [0.05, 0.1) is 4.92 Å². The molecular weight excluding hydrogens is 296 g/mol. The zero-order chi connectivity index (χ0) is 16.4. The van der Waals surface area contributed by atoms with E-state index in [4.69, 9.17) is 0 Å². The minimum Gasteiger partial charge on any atom is -0.258 e. The van der Waals surface area contributed by atoms with Gasteiger partial charge < -0.3 is 0 Å². The molecule has 0 radical (unpaired) electrons. The van der Waals surface area contributed by atoms with E-state index in [9.17, 15) is 10.1 Å². The second-order valence-corrected chi connectivity index (χ2v) is 5.31. The molecule has 0 atom stereocenters. The van der Waals surface area contributed by atoms with E-state index >= 15 is 0 Å². The molecule has 2 aromatic heterocycles. The number of nitrogens with zero attached hydrogens (tertiary/aromatic N) is 6. The van der Waals surface area contributed by atoms with Gasteiger partial charge in [0.25, 0.3) is 5.69 Å². The molecule has 0 aliphatic carbocycles. The van der Waals surface area contributed by atoms with Crippen LogP contribution >= 0.6 is 0 Å². The number of hydrogen-bond donors (Lipinski definition) is 0. The smallest absolute Gasteiger partial charge is 0.258 e. The van der Waals surface area contributed by atoms with Gasteiger partial charge in [-0.15, -0.1) is 15.0 Å². The first-order valence-corrected chi connectivity index (χ1v) is 7.06. The van der Waals surface area contributed by atoms with E-state index in [1.807, 2.05) is 24.3 Å². The Morgan fingerprint density at radius 1 is 1.13 bits per heavy atom. The van der Waals surface area contributed by atoms with Crippen LogP contribution in [-0.2, 0) is 0 Å². The van der Waals surface area contributed by atoms with Crippen LogP contribution < -0.4 is 0 Å². The van der Waals surface area contributed by atoms with E-state index in [2.05, 4.69) is 34.2 Å². The van der Waals surface area contributed by atoms with Gasteiger partial charge in [0.15, 0.2) is 5.82 Å². The molecule has 0 N–H and O–H groups in total. The third-order valence-electron chi connectivity index (χ3n) is 3.40. The van der Waals surface area contributed by atoms with Gasteiger partial charge >= 0.3 is 0 Å². The maximum absolute atomic E-state index is 10.6. The normalized spacial score (nSPS) is 10.9. The summed E-state index contributed by atoms with van der Waals surface area (Å²) in [6.07, 6.45) is 1.16. The molecule has 3 rings (SSSR count). The van der Waals surface area contributed by atoms with E-state index in [-0.39, 0.29) is 5.69 Å². The number of aromatic nitrogens is 5. The lowest BCUT2D eigenvalue weighted by Gasteiger charge is -2.04. The molecule has 0 aliphatic rings. The lowest BCUT2D eigenvalue weighted by atomic mass is 10.0. The first-order valence-electron chi connectivity index (χ1n) is 7.06. The lowest BCUT2D eigenvalue weighted by Crippen LogP contribution is -2.02. The van der Waals surface area contributed by atoms with Crippen LogP contribution in [0.2, 0.25) is 0 Å². The largest absolute Gasteiger partial charge is 0.287 e. The summed E-state index contributed by atoms with van der Waals surface area (Å²) >= 11 is 0. The number of nitro groups is 1. The van der Waals surface area contributed by atoms with Gasteiger partial charge in [0.2, 0.25) is 5.82 Å². The molecule has 0 saturated heterocycles. The summed E-state index contributed by atoms with van der Waals surface area (Å²) in [6, 6.07) is 10.8. The van der Waals surface area contributed by atoms with Gasteiger partial charge in [-0.3, -0.25) is 10.1 Å². The van der Waals surface area contributed by atoms with Crippen LogP contribution in [-0.4, -0.2) is 30.1 Å². The van der Waals surface area contributed by atoms with Crippen LogP contribution in [0.15, 0.2) is 42.6 Å². The van der Waals surface area contributed by atoms with Crippen LogP contribution in [0.5, 0.6) is 0 Å². The number of rotatable bonds is 4. The predicted octanol–water partition coefficient (Wildman–Crippen LogP) is 2.76. The molecule has 23 heavy (non-hydrogen) atoms. The van der Waals surface area contributed by atoms with Crippen molar-refractivity contribution in [2.45, 2.75) is 19.8 Å². The second kappa shape index (κ2) is 5.91. The molecule has 3 aromatic rings. The molecule has 0 amide bonds. The van der Waals surface area contributed by atoms with Gasteiger partial charge in [0.1, 0.15) is 6.20 Å². The highest BCUT2D eigenvalue weighted by atomic mass is 16.6. The summed E-state index contributed by atoms with van der Waals surface area (Å²) in [5.74, 6) is 1.30. The van der Waals surface area contributed by atoms with Crippen molar-refractivity contribution in [1.29, 1.82) is 0 Å². The topological polar surface area (TPSA) is 99.6 Å². The SMILES string of the molecule is CC(C)c1ccc(-c2nnn(-c3ccc([N+](=O)[O-])cn3)n2)cc1. The molecular formula is C15H14N6O2. The van der Waals surface area contributed by atoms with Gasteiger partial charge in [0, 0.05) is 11.6 Å². The van der Waals surface area contributed by atoms with Crippen LogP contribution in [0.25, 0.3) is 17.2 Å². The summed E-state index contributed by atoms with van der Waals surface area (Å²) < 4.78 is 0. The molecule has 0 bridgehead atoms. The van der Waals surface area contributed by atoms with E-state index in [0.717, 1.165) is 11.8 Å². The standard InChI is InChI=1S/C15H14N6O2/c1-10(2)11-3-5-12(6-4-11)15-17-19-20(18-15)14-8-7-13(9-16-14)21(22)23/h3-10H,1-2H3. The predicted molar refractivity (Wildman–Crippen MR) is 83.1 cm³/mol. The highest BCUT2D eigenvalue weighted by Gasteiger charge is 2.11. The van der Waals surface area contributed by atoms with Gasteiger partial charge in [-0.1, -0.05) is 38.1 Å². The summed E-state index contributed by atoms with van der Waals surface area (Å²) in [7, 11) is 0. The molecule has 0 aliphatic heterocycles. The average Bonchev–Trinajstić information content (AvgIpc) is 3.05. The average molecular weight is 310 g/mol. The zero-order valence-corrected chi connectivity index (χ0v) is 12.6. The Hall–Kier alpha value is -3.16. The number of benzene rings is 1. The number of tetrazole rings is 1. The van der Waals surface area contributed by atoms with E-state index in [1.165, 1.54) is 22.5 Å². The van der Waals surface area contributed by atoms with Crippen LogP contribution in [0, 0.1) is 10.1 Å². The third kappa shape index (κ3) is 3.05. The zero-order valence-electron chi connectivity index (χ0n) is 12.6. The van der Waals surface area contributed by atoms with Crippen molar-refractivity contribution in [1.82, 2.24) is 25.2 Å². The highest BCUT2D eigenvalue weighted by Crippen LogP contribution is 2.20. The molecule has 0 unspecified atom stereocenters. The fourth-order valence-corrected chi connectivity index (χ4v) is 2.05. The lowest BCUT2D eigenvalue weighted by molar-refractivity contribution is -0.385. The fourth-order valence-electron chi connectivity index (χ4n) is 2.05. The van der Waals surface area contributed by atoms with Crippen molar-refractivity contribution in [3.8, 4) is 17.2 Å². The summed E-state index contributed by atoms with van der Waals surface area (Å²) in [4.78, 5) is 15.3. The Morgan fingerprint density at radius 2 is 1.87 bits per heavy atom. The molecule has 0 saturated carbocycles. The molecule has 0 fully saturated rings. The maximum atomic E-state index is 10.6. The summed E-state index contributed by atoms with van der Waals surface area (Å²) in [5.41, 5.74) is 2.00. The molecule has 0 spiro atoms. The molecule has 2 heterocycles. The van der Waals surface area contributed by atoms with Crippen molar-refractivity contribution < 1.29 is 4.92 Å². The monoisotopic (exact) mass is 310 g/mol. The molecule has 8 nitrogen and oxygen atoms in total. The Bertz CT molecular complexity index is 824. The molecule has 1 aromatic carbocycles. The Kier molecular flexibility index (Phi) is 3.80. The van der Waals surface area contributed by atoms with Crippen molar-refractivity contribution in [2.24, 2.45) is 0 Å². The molecule has 8 heteroatoms. The Balaban J connectivity index is 1.86. The van der Waals surface area contributed by atoms with Crippen molar-refractivity contribution in [3.05, 3.63) is 58.3 Å². The van der Waals surface area contributed by atoms with Crippen LogP contribution in [0.1, 0.15) is 25.3 Å². The quantitative estimate of drug-likeness (QED) is 0.542. The van der Waals surface area contributed by atoms with Gasteiger partial charge in [-0.25, -0.2) is 4.98 Å². The van der Waals surface area contributed by atoms with Gasteiger partial charge in [-0.05, 0) is 22.8 Å². The van der Waals surface area contributed by atoms with Crippen LogP contribution in [0.4, 0.5) is 5.69 Å². The Morgan fingerprint density at radius 3 is 2.43 bits per heavy atom. The first kappa shape index (κ1) is 14.8. The number of hydrogen-bond acceptors (Lipinski definition) is 6. The van der Waals surface area contributed by atoms with Crippen LogP contribution in [0.3, 0.4) is 0 Å². The minimum absolute atomic E-state index is 0.0848.